The number of aliphatic hydroxyl groups is 2. The van der Waals surface area contributed by atoms with Crippen LogP contribution in [-0.4, -0.2) is 87.3 Å². The zero-order valence-electron chi connectivity index (χ0n) is 24.8. The van der Waals surface area contributed by atoms with Crippen LogP contribution in [0.25, 0.3) is 0 Å². The monoisotopic (exact) mass is 612 g/mol. The van der Waals surface area contributed by atoms with Crippen LogP contribution < -0.4 is 0 Å². The summed E-state index contributed by atoms with van der Waals surface area (Å²) in [7, 11) is 0. The highest BCUT2D eigenvalue weighted by Crippen LogP contribution is 2.63. The van der Waals surface area contributed by atoms with Gasteiger partial charge in [0.1, 0.15) is 23.9 Å². The summed E-state index contributed by atoms with van der Waals surface area (Å²) in [4.78, 5) is 51.3. The van der Waals surface area contributed by atoms with E-state index < -0.39 is 94.3 Å². The van der Waals surface area contributed by atoms with Crippen LogP contribution in [0.1, 0.15) is 67.2 Å². The van der Waals surface area contributed by atoms with Crippen LogP contribution in [0.4, 0.5) is 0 Å². The third-order valence-corrected chi connectivity index (χ3v) is 9.76. The zero-order chi connectivity index (χ0) is 31.4. The van der Waals surface area contributed by atoms with Gasteiger partial charge in [0, 0.05) is 31.1 Å². The van der Waals surface area contributed by atoms with Crippen molar-refractivity contribution in [2.75, 3.05) is 0 Å². The average molecular weight is 613 g/mol. The summed E-state index contributed by atoms with van der Waals surface area (Å²) >= 11 is 6.75. The predicted molar refractivity (Wildman–Crippen MR) is 148 cm³/mol. The Kier molecular flexibility index (Phi) is 8.93. The van der Waals surface area contributed by atoms with Crippen molar-refractivity contribution >= 4 is 35.5 Å². The highest BCUT2D eigenvalue weighted by atomic mass is 35.5. The molecular formula is C30H41ClO11. The third-order valence-electron chi connectivity index (χ3n) is 9.25. The van der Waals surface area contributed by atoms with Gasteiger partial charge in [0.05, 0.1) is 17.4 Å². The Morgan fingerprint density at radius 1 is 1.02 bits per heavy atom. The van der Waals surface area contributed by atoms with E-state index in [4.69, 9.17) is 35.3 Å². The smallest absolute Gasteiger partial charge is 0.312 e. The van der Waals surface area contributed by atoms with Gasteiger partial charge in [-0.15, -0.1) is 11.6 Å². The Balaban J connectivity index is 2.00. The summed E-state index contributed by atoms with van der Waals surface area (Å²) in [5, 5.41) is 23.8. The molecule has 0 amide bonds. The standard InChI is InChI=1S/C30H41ClO11/c1-8-10-18(33)39-17-13-12-14(3)20(31)23-30(37,15(4)27(35)42-23)26(38-16(5)32)22-28(17,6)24-21(41-24)25(29(22,7)36)40-19(34)11-9-2/h12-13,15,17,20-26,36-37H,3,8-11H2,1-2,4-7H3/b13-12-/t15-,17-,20+,21+,22+,23-,24-,25+,26-,28+,29-,30-/m0/s1. The SMILES string of the molecule is C=C1/C=C\[C@H](OC(=O)CCC)[C@@]2(C)[C@H]3O[C@H]3[C@@H](OC(=O)CCC)[C@@](C)(O)[C@@H]2[C@H](OC(C)=O)[C@]2(O)[C@@H](C)C(=O)O[C@H]2[C@@H]1Cl. The van der Waals surface area contributed by atoms with Gasteiger partial charge in [-0.3, -0.25) is 19.2 Å². The molecule has 0 spiro atoms. The van der Waals surface area contributed by atoms with Crippen molar-refractivity contribution in [1.82, 2.24) is 0 Å². The van der Waals surface area contributed by atoms with E-state index in [2.05, 4.69) is 6.58 Å². The van der Waals surface area contributed by atoms with Crippen LogP contribution in [0.15, 0.2) is 24.3 Å². The first-order valence-electron chi connectivity index (χ1n) is 14.4. The van der Waals surface area contributed by atoms with Crippen LogP contribution in [0, 0.1) is 17.3 Å². The molecule has 3 fully saturated rings. The van der Waals surface area contributed by atoms with Crippen molar-refractivity contribution < 1.29 is 53.1 Å². The summed E-state index contributed by atoms with van der Waals surface area (Å²) in [5.41, 5.74) is -5.50. The van der Waals surface area contributed by atoms with Crippen molar-refractivity contribution in [2.24, 2.45) is 17.3 Å². The molecule has 0 bridgehead atoms. The lowest BCUT2D eigenvalue weighted by Gasteiger charge is -2.57. The number of alkyl halides is 1. The molecule has 2 N–H and O–H groups in total. The van der Waals surface area contributed by atoms with E-state index in [1.807, 2.05) is 6.92 Å². The highest BCUT2D eigenvalue weighted by molar-refractivity contribution is 6.23. The van der Waals surface area contributed by atoms with Crippen molar-refractivity contribution in [3.63, 3.8) is 0 Å². The molecule has 0 unspecified atom stereocenters. The van der Waals surface area contributed by atoms with Crippen LogP contribution in [0.3, 0.4) is 0 Å². The average Bonchev–Trinajstić information content (AvgIpc) is 3.67. The zero-order valence-corrected chi connectivity index (χ0v) is 25.6. The Hall–Kier alpha value is -2.47. The van der Waals surface area contributed by atoms with Gasteiger partial charge in [-0.2, -0.15) is 0 Å². The number of fused-ring (bicyclic) bond motifs is 4. The number of rotatable bonds is 7. The molecule has 0 aromatic heterocycles. The largest absolute Gasteiger partial charge is 0.459 e. The Morgan fingerprint density at radius 3 is 2.19 bits per heavy atom. The predicted octanol–water partition coefficient (Wildman–Crippen LogP) is 2.52. The van der Waals surface area contributed by atoms with Gasteiger partial charge < -0.3 is 33.9 Å². The van der Waals surface area contributed by atoms with Gasteiger partial charge in [-0.1, -0.05) is 33.4 Å². The molecular weight excluding hydrogens is 572 g/mol. The topological polar surface area (TPSA) is 158 Å². The van der Waals surface area contributed by atoms with E-state index in [1.54, 1.807) is 19.9 Å². The maximum Gasteiger partial charge on any atom is 0.312 e. The molecule has 0 radical (unpaired) electrons. The first kappa shape index (κ1) is 32.4. The number of halogens is 1. The molecule has 0 aromatic carbocycles. The number of ether oxygens (including phenoxy) is 5. The minimum absolute atomic E-state index is 0.0840. The summed E-state index contributed by atoms with van der Waals surface area (Å²) in [6.45, 7) is 13.2. The molecule has 12 atom stereocenters. The lowest BCUT2D eigenvalue weighted by Crippen LogP contribution is -2.73. The van der Waals surface area contributed by atoms with Crippen LogP contribution in [0.5, 0.6) is 0 Å². The number of carbonyl (C=O) groups excluding carboxylic acids is 4. The summed E-state index contributed by atoms with van der Waals surface area (Å²) in [5.74, 6) is -5.34. The summed E-state index contributed by atoms with van der Waals surface area (Å²) < 4.78 is 29.3. The van der Waals surface area contributed by atoms with Gasteiger partial charge in [0.15, 0.2) is 17.8 Å². The Bertz CT molecular complexity index is 1170. The molecule has 4 aliphatic rings. The van der Waals surface area contributed by atoms with Gasteiger partial charge >= 0.3 is 23.9 Å². The van der Waals surface area contributed by atoms with E-state index in [0.717, 1.165) is 6.92 Å². The molecule has 2 aliphatic heterocycles. The molecule has 42 heavy (non-hydrogen) atoms. The number of carbonyl (C=O) groups is 4. The molecule has 234 valence electrons. The lowest BCUT2D eigenvalue weighted by molar-refractivity contribution is -0.258. The van der Waals surface area contributed by atoms with E-state index in [1.165, 1.54) is 19.9 Å². The van der Waals surface area contributed by atoms with Crippen molar-refractivity contribution in [2.45, 2.75) is 120 Å². The molecule has 4 rings (SSSR count). The first-order chi connectivity index (χ1) is 19.6. The lowest BCUT2D eigenvalue weighted by atomic mass is 9.52. The second-order valence-electron chi connectivity index (χ2n) is 12.2. The third kappa shape index (κ3) is 5.16. The highest BCUT2D eigenvalue weighted by Gasteiger charge is 2.79. The Morgan fingerprint density at radius 2 is 1.62 bits per heavy atom. The van der Waals surface area contributed by atoms with Crippen LogP contribution >= 0.6 is 11.6 Å². The maximum atomic E-state index is 13.0. The second-order valence-corrected chi connectivity index (χ2v) is 12.7. The Labute approximate surface area is 250 Å². The number of esters is 4. The fraction of sp³-hybridized carbons (Fsp3) is 0.733. The van der Waals surface area contributed by atoms with Gasteiger partial charge in [-0.05, 0) is 38.3 Å². The number of allylic oxidation sites excluding steroid dienone is 1. The molecule has 2 saturated heterocycles. The van der Waals surface area contributed by atoms with Crippen LogP contribution in [-0.2, 0) is 42.9 Å². The van der Waals surface area contributed by atoms with Crippen molar-refractivity contribution in [3.8, 4) is 0 Å². The molecule has 2 aliphatic carbocycles. The van der Waals surface area contributed by atoms with Gasteiger partial charge in [0.25, 0.3) is 0 Å². The van der Waals surface area contributed by atoms with Gasteiger partial charge in [0.2, 0.25) is 0 Å². The van der Waals surface area contributed by atoms with E-state index in [9.17, 15) is 29.4 Å². The molecule has 2 heterocycles. The van der Waals surface area contributed by atoms with E-state index in [0.29, 0.717) is 12.8 Å². The molecule has 1 saturated carbocycles. The van der Waals surface area contributed by atoms with E-state index >= 15 is 0 Å². The van der Waals surface area contributed by atoms with Crippen molar-refractivity contribution in [1.29, 1.82) is 0 Å². The minimum atomic E-state index is -2.29. The fourth-order valence-electron chi connectivity index (χ4n) is 7.08. The van der Waals surface area contributed by atoms with Crippen LogP contribution in [0.2, 0.25) is 0 Å². The maximum absolute atomic E-state index is 13.0. The first-order valence-corrected chi connectivity index (χ1v) is 14.9. The molecule has 0 aromatic rings. The van der Waals surface area contributed by atoms with Crippen molar-refractivity contribution in [3.05, 3.63) is 24.3 Å². The molecule has 11 nitrogen and oxygen atoms in total. The number of epoxide rings is 1. The van der Waals surface area contributed by atoms with Gasteiger partial charge in [-0.25, -0.2) is 0 Å². The number of hydrogen-bond acceptors (Lipinski definition) is 11. The van der Waals surface area contributed by atoms with E-state index in [-0.39, 0.29) is 18.4 Å². The number of hydrogen-bond donors (Lipinski definition) is 2. The summed E-state index contributed by atoms with van der Waals surface area (Å²) in [6.07, 6.45) is -2.76. The minimum Gasteiger partial charge on any atom is -0.459 e. The normalized spacial score (nSPS) is 44.9. The quantitative estimate of drug-likeness (QED) is 0.188. The fourth-order valence-corrected chi connectivity index (χ4v) is 7.40. The molecule has 12 heteroatoms. The summed E-state index contributed by atoms with van der Waals surface area (Å²) in [6, 6.07) is 0. The second kappa shape index (κ2) is 11.6.